The predicted molar refractivity (Wildman–Crippen MR) is 123 cm³/mol. The highest BCUT2D eigenvalue weighted by Crippen LogP contribution is 2.31. The zero-order valence-electron chi connectivity index (χ0n) is 17.5. The molecule has 0 atom stereocenters. The Bertz CT molecular complexity index is 1270. The highest BCUT2D eigenvalue weighted by Gasteiger charge is 2.17. The van der Waals surface area contributed by atoms with Crippen LogP contribution >= 0.6 is 11.8 Å². The van der Waals surface area contributed by atoms with Gasteiger partial charge in [-0.25, -0.2) is 4.98 Å². The van der Waals surface area contributed by atoms with Gasteiger partial charge in [0, 0.05) is 11.8 Å². The van der Waals surface area contributed by atoms with Crippen molar-refractivity contribution in [2.75, 3.05) is 21.3 Å². The van der Waals surface area contributed by atoms with Crippen LogP contribution in [0.2, 0.25) is 0 Å². The number of thioether (sulfide) groups is 1. The second kappa shape index (κ2) is 9.14. The van der Waals surface area contributed by atoms with Crippen LogP contribution in [0.1, 0.15) is 5.56 Å². The Morgan fingerprint density at radius 3 is 2.29 bits per heavy atom. The topological polar surface area (TPSA) is 62.6 Å². The smallest absolute Gasteiger partial charge is 0.266 e. The van der Waals surface area contributed by atoms with Gasteiger partial charge in [-0.15, -0.1) is 0 Å². The van der Waals surface area contributed by atoms with Crippen LogP contribution in [0.4, 0.5) is 0 Å². The Labute approximate surface area is 184 Å². The van der Waals surface area contributed by atoms with Gasteiger partial charge in [-0.2, -0.15) is 0 Å². The van der Waals surface area contributed by atoms with E-state index in [4.69, 9.17) is 19.2 Å². The third-order valence-electron chi connectivity index (χ3n) is 4.90. The van der Waals surface area contributed by atoms with Gasteiger partial charge in [-0.1, -0.05) is 36.0 Å². The van der Waals surface area contributed by atoms with Crippen molar-refractivity contribution in [3.05, 3.63) is 82.6 Å². The van der Waals surface area contributed by atoms with E-state index < -0.39 is 0 Å². The zero-order chi connectivity index (χ0) is 21.8. The highest BCUT2D eigenvalue weighted by atomic mass is 32.2. The van der Waals surface area contributed by atoms with E-state index in [0.29, 0.717) is 39.0 Å². The van der Waals surface area contributed by atoms with Gasteiger partial charge in [-0.3, -0.25) is 9.36 Å². The molecule has 0 unspecified atom stereocenters. The van der Waals surface area contributed by atoms with Gasteiger partial charge in [-0.05, 0) is 42.0 Å². The van der Waals surface area contributed by atoms with Crippen molar-refractivity contribution in [3.63, 3.8) is 0 Å². The first kappa shape index (κ1) is 20.8. The summed E-state index contributed by atoms with van der Waals surface area (Å²) in [5.41, 5.74) is 2.23. The maximum atomic E-state index is 13.5. The van der Waals surface area contributed by atoms with Crippen molar-refractivity contribution in [2.24, 2.45) is 0 Å². The van der Waals surface area contributed by atoms with Crippen molar-refractivity contribution >= 4 is 22.7 Å². The Morgan fingerprint density at radius 2 is 1.58 bits per heavy atom. The molecule has 4 aromatic rings. The molecule has 0 spiro atoms. The van der Waals surface area contributed by atoms with Crippen LogP contribution in [-0.2, 0) is 5.75 Å². The highest BCUT2D eigenvalue weighted by molar-refractivity contribution is 7.98. The number of aromatic nitrogens is 2. The third-order valence-corrected chi connectivity index (χ3v) is 5.91. The van der Waals surface area contributed by atoms with Crippen LogP contribution in [0.15, 0.2) is 76.7 Å². The quantitative estimate of drug-likeness (QED) is 0.310. The van der Waals surface area contributed by atoms with Crippen molar-refractivity contribution in [3.8, 4) is 22.9 Å². The van der Waals surface area contributed by atoms with E-state index in [1.807, 2.05) is 48.5 Å². The lowest BCUT2D eigenvalue weighted by Crippen LogP contribution is -2.22. The van der Waals surface area contributed by atoms with E-state index in [1.54, 1.807) is 44.1 Å². The van der Waals surface area contributed by atoms with Crippen LogP contribution < -0.4 is 19.8 Å². The maximum Gasteiger partial charge on any atom is 0.266 e. The fourth-order valence-corrected chi connectivity index (χ4v) is 4.22. The number of rotatable bonds is 7. The van der Waals surface area contributed by atoms with Crippen molar-refractivity contribution in [2.45, 2.75) is 10.9 Å². The Morgan fingerprint density at radius 1 is 0.871 bits per heavy atom. The van der Waals surface area contributed by atoms with Crippen LogP contribution in [0, 0.1) is 0 Å². The molecule has 0 saturated carbocycles. The molecule has 0 saturated heterocycles. The molecule has 158 valence electrons. The van der Waals surface area contributed by atoms with Gasteiger partial charge in [0.2, 0.25) is 0 Å². The summed E-state index contributed by atoms with van der Waals surface area (Å²) in [6.45, 7) is 0. The molecule has 0 aliphatic heterocycles. The van der Waals surface area contributed by atoms with Gasteiger partial charge in [0.15, 0.2) is 5.16 Å². The molecule has 0 aliphatic rings. The number of methoxy groups -OCH3 is 3. The molecule has 0 aliphatic carbocycles. The SMILES string of the molecule is COc1ccc(CSc2nc3ccccc3c(=O)n2-c2ccc(OC)cc2OC)cc1. The summed E-state index contributed by atoms with van der Waals surface area (Å²) in [5.74, 6) is 2.63. The van der Waals surface area contributed by atoms with E-state index in [-0.39, 0.29) is 5.56 Å². The van der Waals surface area contributed by atoms with E-state index >= 15 is 0 Å². The minimum atomic E-state index is -0.147. The Balaban J connectivity index is 1.83. The van der Waals surface area contributed by atoms with Gasteiger partial charge < -0.3 is 14.2 Å². The van der Waals surface area contributed by atoms with E-state index in [0.717, 1.165) is 11.3 Å². The first-order chi connectivity index (χ1) is 15.1. The normalized spacial score (nSPS) is 10.8. The molecule has 0 radical (unpaired) electrons. The molecule has 4 rings (SSSR count). The second-order valence-electron chi connectivity index (χ2n) is 6.73. The lowest BCUT2D eigenvalue weighted by atomic mass is 10.2. The molecule has 6 nitrogen and oxygen atoms in total. The summed E-state index contributed by atoms with van der Waals surface area (Å²) in [7, 11) is 4.81. The average molecular weight is 435 g/mol. The molecule has 0 N–H and O–H groups in total. The number of fused-ring (bicyclic) bond motifs is 1. The summed E-state index contributed by atoms with van der Waals surface area (Å²) >= 11 is 1.49. The number of nitrogens with zero attached hydrogens (tertiary/aromatic N) is 2. The van der Waals surface area contributed by atoms with E-state index in [1.165, 1.54) is 11.8 Å². The van der Waals surface area contributed by atoms with E-state index in [9.17, 15) is 4.79 Å². The maximum absolute atomic E-state index is 13.5. The molecule has 7 heteroatoms. The van der Waals surface area contributed by atoms with Gasteiger partial charge in [0.25, 0.3) is 5.56 Å². The first-order valence-electron chi connectivity index (χ1n) is 9.64. The lowest BCUT2D eigenvalue weighted by Gasteiger charge is -2.16. The first-order valence-corrected chi connectivity index (χ1v) is 10.6. The van der Waals surface area contributed by atoms with Gasteiger partial charge in [0.1, 0.15) is 17.2 Å². The van der Waals surface area contributed by atoms with Gasteiger partial charge >= 0.3 is 0 Å². The van der Waals surface area contributed by atoms with Crippen molar-refractivity contribution in [1.82, 2.24) is 9.55 Å². The summed E-state index contributed by atoms with van der Waals surface area (Å²) in [6, 6.07) is 20.6. The molecular weight excluding hydrogens is 412 g/mol. The summed E-state index contributed by atoms with van der Waals surface area (Å²) < 4.78 is 17.7. The minimum Gasteiger partial charge on any atom is -0.497 e. The molecule has 3 aromatic carbocycles. The molecule has 0 amide bonds. The Hall–Kier alpha value is -3.45. The summed E-state index contributed by atoms with van der Waals surface area (Å²) in [5, 5.41) is 1.14. The standard InChI is InChI=1S/C24H22N2O4S/c1-28-17-10-8-16(9-11-17)15-31-24-25-20-7-5-4-6-19(20)23(27)26(24)21-13-12-18(29-2)14-22(21)30-3/h4-14H,15H2,1-3H3. The number of para-hydroxylation sites is 1. The number of hydrogen-bond acceptors (Lipinski definition) is 6. The lowest BCUT2D eigenvalue weighted by molar-refractivity contribution is 0.392. The van der Waals surface area contributed by atoms with Crippen molar-refractivity contribution < 1.29 is 14.2 Å². The van der Waals surface area contributed by atoms with Crippen LogP contribution in [-0.4, -0.2) is 30.9 Å². The molecule has 0 fully saturated rings. The molecule has 0 bridgehead atoms. The Kier molecular flexibility index (Phi) is 6.13. The van der Waals surface area contributed by atoms with Crippen molar-refractivity contribution in [1.29, 1.82) is 0 Å². The monoisotopic (exact) mass is 434 g/mol. The van der Waals surface area contributed by atoms with Gasteiger partial charge in [0.05, 0.1) is 37.9 Å². The zero-order valence-corrected chi connectivity index (χ0v) is 18.3. The van der Waals surface area contributed by atoms with Crippen LogP contribution in [0.5, 0.6) is 17.2 Å². The number of benzene rings is 3. The number of ether oxygens (including phenoxy) is 3. The molecule has 1 aromatic heterocycles. The molecule has 31 heavy (non-hydrogen) atoms. The molecular formula is C24H22N2O4S. The largest absolute Gasteiger partial charge is 0.497 e. The second-order valence-corrected chi connectivity index (χ2v) is 7.67. The van der Waals surface area contributed by atoms with Crippen LogP contribution in [0.3, 0.4) is 0 Å². The summed E-state index contributed by atoms with van der Waals surface area (Å²) in [4.78, 5) is 18.3. The molecule has 1 heterocycles. The fourth-order valence-electron chi connectivity index (χ4n) is 3.26. The minimum absolute atomic E-state index is 0.147. The predicted octanol–water partition coefficient (Wildman–Crippen LogP) is 4.70. The average Bonchev–Trinajstić information content (AvgIpc) is 2.83. The third kappa shape index (κ3) is 4.22. The van der Waals surface area contributed by atoms with E-state index in [2.05, 4.69) is 0 Å². The summed E-state index contributed by atoms with van der Waals surface area (Å²) in [6.07, 6.45) is 0. The van der Waals surface area contributed by atoms with Crippen LogP contribution in [0.25, 0.3) is 16.6 Å². The fraction of sp³-hybridized carbons (Fsp3) is 0.167. The number of hydrogen-bond donors (Lipinski definition) is 0.